The number of anilines is 1. The first-order chi connectivity index (χ1) is 14.2. The van der Waals surface area contributed by atoms with Gasteiger partial charge in [-0.15, -0.1) is 21.5 Å². The monoisotopic (exact) mass is 425 g/mol. The van der Waals surface area contributed by atoms with Crippen LogP contribution in [0.25, 0.3) is 10.6 Å². The van der Waals surface area contributed by atoms with Crippen LogP contribution in [0.3, 0.4) is 0 Å². The Morgan fingerprint density at radius 3 is 2.55 bits per heavy atom. The Balaban J connectivity index is 1.29. The van der Waals surface area contributed by atoms with Crippen molar-refractivity contribution in [3.63, 3.8) is 0 Å². The van der Waals surface area contributed by atoms with Crippen LogP contribution in [-0.4, -0.2) is 32.8 Å². The van der Waals surface area contributed by atoms with Gasteiger partial charge in [-0.25, -0.2) is 4.98 Å². The van der Waals surface area contributed by atoms with Gasteiger partial charge in [0.2, 0.25) is 5.95 Å². The lowest BCUT2D eigenvalue weighted by atomic mass is 10.0. The fraction of sp³-hybridized carbons (Fsp3) is 0.500. The lowest BCUT2D eigenvalue weighted by Gasteiger charge is -2.17. The van der Waals surface area contributed by atoms with Crippen LogP contribution in [0.2, 0.25) is 0 Å². The molecule has 2 aliphatic rings. The zero-order valence-electron chi connectivity index (χ0n) is 17.0. The lowest BCUT2D eigenvalue weighted by molar-refractivity contribution is 0.651. The van der Waals surface area contributed by atoms with E-state index in [1.54, 1.807) is 23.1 Å². The minimum Gasteiger partial charge on any atom is -0.341 e. The standard InChI is InChI=1S/C22H27N5S2/c1-15(2)16-5-7-17(8-6-16)20-23-18(13-28-20)14-29-22-25-24-21(26-11-3-4-12-26)27(22)19-9-10-19/h5-8,13,15,19H,3-4,9-12,14H2,1-2H3. The van der Waals surface area contributed by atoms with Crippen molar-refractivity contribution in [2.24, 2.45) is 0 Å². The molecule has 29 heavy (non-hydrogen) atoms. The quantitative estimate of drug-likeness (QED) is 0.451. The summed E-state index contributed by atoms with van der Waals surface area (Å²) in [5.74, 6) is 2.48. The van der Waals surface area contributed by atoms with Gasteiger partial charge < -0.3 is 4.90 Å². The minimum atomic E-state index is 0.557. The van der Waals surface area contributed by atoms with Gasteiger partial charge in [0.25, 0.3) is 0 Å². The van der Waals surface area contributed by atoms with Gasteiger partial charge in [0.15, 0.2) is 5.16 Å². The summed E-state index contributed by atoms with van der Waals surface area (Å²) in [7, 11) is 0. The summed E-state index contributed by atoms with van der Waals surface area (Å²) in [6.45, 7) is 6.67. The molecule has 5 nitrogen and oxygen atoms in total. The van der Waals surface area contributed by atoms with E-state index in [-0.39, 0.29) is 0 Å². The normalized spacial score (nSPS) is 16.9. The molecule has 0 atom stereocenters. The molecule has 0 radical (unpaired) electrons. The van der Waals surface area contributed by atoms with E-state index in [4.69, 9.17) is 4.98 Å². The predicted octanol–water partition coefficient (Wildman–Crippen LogP) is 5.75. The Bertz CT molecular complexity index is 966. The number of benzene rings is 1. The van der Waals surface area contributed by atoms with Crippen molar-refractivity contribution in [1.29, 1.82) is 0 Å². The minimum absolute atomic E-state index is 0.557. The molecular weight excluding hydrogens is 398 g/mol. The number of thiazole rings is 1. The fourth-order valence-electron chi connectivity index (χ4n) is 3.81. The van der Waals surface area contributed by atoms with Crippen LogP contribution in [0.1, 0.15) is 62.7 Å². The molecule has 7 heteroatoms. The molecule has 1 aromatic carbocycles. The van der Waals surface area contributed by atoms with Gasteiger partial charge in [-0.05, 0) is 37.2 Å². The van der Waals surface area contributed by atoms with Crippen molar-refractivity contribution >= 4 is 29.0 Å². The lowest BCUT2D eigenvalue weighted by Crippen LogP contribution is -2.22. The highest BCUT2D eigenvalue weighted by atomic mass is 32.2. The SMILES string of the molecule is CC(C)c1ccc(-c2nc(CSc3nnc(N4CCCC4)n3C3CC3)cs2)cc1. The molecular formula is C22H27N5S2. The van der Waals surface area contributed by atoms with E-state index in [1.165, 1.54) is 36.8 Å². The maximum Gasteiger partial charge on any atom is 0.228 e. The van der Waals surface area contributed by atoms with Gasteiger partial charge in [0, 0.05) is 35.8 Å². The summed E-state index contributed by atoms with van der Waals surface area (Å²) in [6.07, 6.45) is 5.03. The number of hydrogen-bond donors (Lipinski definition) is 0. The maximum atomic E-state index is 4.87. The highest BCUT2D eigenvalue weighted by Crippen LogP contribution is 2.42. The van der Waals surface area contributed by atoms with E-state index in [0.29, 0.717) is 12.0 Å². The molecule has 2 aromatic heterocycles. The number of thioether (sulfide) groups is 1. The molecule has 3 aromatic rings. The molecule has 0 unspecified atom stereocenters. The molecule has 1 saturated carbocycles. The van der Waals surface area contributed by atoms with Gasteiger partial charge >= 0.3 is 0 Å². The summed E-state index contributed by atoms with van der Waals surface area (Å²) >= 11 is 3.49. The Kier molecular flexibility index (Phi) is 5.35. The summed E-state index contributed by atoms with van der Waals surface area (Å²) in [4.78, 5) is 7.27. The molecule has 3 heterocycles. The predicted molar refractivity (Wildman–Crippen MR) is 121 cm³/mol. The van der Waals surface area contributed by atoms with E-state index in [1.807, 2.05) is 0 Å². The third-order valence-electron chi connectivity index (χ3n) is 5.67. The Labute approximate surface area is 180 Å². The van der Waals surface area contributed by atoms with Gasteiger partial charge in [-0.1, -0.05) is 49.9 Å². The summed E-state index contributed by atoms with van der Waals surface area (Å²) in [5, 5.41) is 13.4. The molecule has 5 rings (SSSR count). The van der Waals surface area contributed by atoms with E-state index in [9.17, 15) is 0 Å². The topological polar surface area (TPSA) is 46.8 Å². The third kappa shape index (κ3) is 4.08. The van der Waals surface area contributed by atoms with Gasteiger partial charge in [-0.2, -0.15) is 0 Å². The molecule has 0 spiro atoms. The van der Waals surface area contributed by atoms with Crippen LogP contribution in [-0.2, 0) is 5.75 Å². The van der Waals surface area contributed by atoms with Gasteiger partial charge in [0.1, 0.15) is 5.01 Å². The second-order valence-electron chi connectivity index (χ2n) is 8.29. The van der Waals surface area contributed by atoms with Crippen LogP contribution in [0.5, 0.6) is 0 Å². The van der Waals surface area contributed by atoms with Crippen molar-refractivity contribution < 1.29 is 0 Å². The van der Waals surface area contributed by atoms with E-state index >= 15 is 0 Å². The molecule has 0 bridgehead atoms. The second kappa shape index (κ2) is 8.11. The molecule has 2 fully saturated rings. The smallest absolute Gasteiger partial charge is 0.228 e. The first kappa shape index (κ1) is 19.1. The van der Waals surface area contributed by atoms with Crippen LogP contribution in [0, 0.1) is 0 Å². The van der Waals surface area contributed by atoms with Crippen molar-refractivity contribution in [2.45, 2.75) is 62.4 Å². The van der Waals surface area contributed by atoms with Crippen LogP contribution >= 0.6 is 23.1 Å². The summed E-state index contributed by atoms with van der Waals surface area (Å²) in [5.41, 5.74) is 3.69. The summed E-state index contributed by atoms with van der Waals surface area (Å²) < 4.78 is 2.38. The van der Waals surface area contributed by atoms with Crippen molar-refractivity contribution in [3.8, 4) is 10.6 Å². The van der Waals surface area contributed by atoms with Crippen LogP contribution < -0.4 is 4.90 Å². The molecule has 1 saturated heterocycles. The Morgan fingerprint density at radius 2 is 1.86 bits per heavy atom. The first-order valence-corrected chi connectivity index (χ1v) is 12.4. The maximum absolute atomic E-state index is 4.87. The van der Waals surface area contributed by atoms with Crippen molar-refractivity contribution in [2.75, 3.05) is 18.0 Å². The first-order valence-electron chi connectivity index (χ1n) is 10.6. The summed E-state index contributed by atoms with van der Waals surface area (Å²) in [6, 6.07) is 9.41. The zero-order chi connectivity index (χ0) is 19.8. The average Bonchev–Trinajstić information content (AvgIpc) is 3.16. The van der Waals surface area contributed by atoms with Gasteiger partial charge in [0.05, 0.1) is 5.69 Å². The zero-order valence-corrected chi connectivity index (χ0v) is 18.7. The number of nitrogens with zero attached hydrogens (tertiary/aromatic N) is 5. The van der Waals surface area contributed by atoms with Crippen molar-refractivity contribution in [3.05, 3.63) is 40.9 Å². The Hall–Kier alpha value is -1.86. The second-order valence-corrected chi connectivity index (χ2v) is 10.1. The number of rotatable bonds is 7. The van der Waals surface area contributed by atoms with Crippen LogP contribution in [0.4, 0.5) is 5.95 Å². The van der Waals surface area contributed by atoms with E-state index < -0.39 is 0 Å². The molecule has 1 aliphatic carbocycles. The average molecular weight is 426 g/mol. The Morgan fingerprint density at radius 1 is 1.10 bits per heavy atom. The fourth-order valence-corrected chi connectivity index (χ4v) is 5.63. The number of hydrogen-bond acceptors (Lipinski definition) is 6. The van der Waals surface area contributed by atoms with E-state index in [0.717, 1.165) is 40.6 Å². The van der Waals surface area contributed by atoms with Crippen molar-refractivity contribution in [1.82, 2.24) is 19.7 Å². The molecule has 1 aliphatic heterocycles. The largest absolute Gasteiger partial charge is 0.341 e. The molecule has 152 valence electrons. The number of aromatic nitrogens is 4. The highest BCUT2D eigenvalue weighted by Gasteiger charge is 2.32. The molecule has 0 amide bonds. The highest BCUT2D eigenvalue weighted by molar-refractivity contribution is 7.98. The van der Waals surface area contributed by atoms with Gasteiger partial charge in [-0.3, -0.25) is 4.57 Å². The van der Waals surface area contributed by atoms with E-state index in [2.05, 4.69) is 63.2 Å². The third-order valence-corrected chi connectivity index (χ3v) is 7.59. The molecule has 0 N–H and O–H groups in total. The van der Waals surface area contributed by atoms with Crippen LogP contribution in [0.15, 0.2) is 34.8 Å².